The first-order valence-electron chi connectivity index (χ1n) is 9.99. The van der Waals surface area contributed by atoms with E-state index >= 15 is 0 Å². The number of amides is 2. The van der Waals surface area contributed by atoms with Crippen molar-refractivity contribution in [2.45, 2.75) is 11.4 Å². The van der Waals surface area contributed by atoms with Crippen molar-refractivity contribution >= 4 is 40.9 Å². The van der Waals surface area contributed by atoms with Gasteiger partial charge in [0.1, 0.15) is 11.6 Å². The molecule has 0 bridgehead atoms. The molecule has 0 aromatic heterocycles. The van der Waals surface area contributed by atoms with Crippen molar-refractivity contribution < 1.29 is 18.4 Å². The Kier molecular flexibility index (Phi) is 5.18. The smallest absolute Gasteiger partial charge is 0.268 e. The minimum absolute atomic E-state index is 0.0288. The van der Waals surface area contributed by atoms with Crippen LogP contribution in [-0.2, 0) is 16.2 Å². The van der Waals surface area contributed by atoms with Gasteiger partial charge in [-0.15, -0.1) is 11.8 Å². The van der Waals surface area contributed by atoms with Crippen LogP contribution in [0.25, 0.3) is 0 Å². The van der Waals surface area contributed by atoms with Crippen LogP contribution in [0.5, 0.6) is 0 Å². The predicted octanol–water partition coefficient (Wildman–Crippen LogP) is 5.21. The number of hydrogen-bond donors (Lipinski definition) is 0. The average molecular weight is 471 g/mol. The summed E-state index contributed by atoms with van der Waals surface area (Å²) in [4.78, 5) is 29.0. The molecule has 32 heavy (non-hydrogen) atoms. The van der Waals surface area contributed by atoms with E-state index in [1.807, 2.05) is 0 Å². The van der Waals surface area contributed by atoms with Crippen LogP contribution in [0.3, 0.4) is 0 Å². The molecule has 1 spiro atoms. The monoisotopic (exact) mass is 470 g/mol. The summed E-state index contributed by atoms with van der Waals surface area (Å²) < 4.78 is 27.8. The molecule has 2 aliphatic rings. The lowest BCUT2D eigenvalue weighted by Crippen LogP contribution is -2.50. The molecule has 1 atom stereocenters. The van der Waals surface area contributed by atoms with Gasteiger partial charge in [-0.1, -0.05) is 29.8 Å². The first-order valence-corrected chi connectivity index (χ1v) is 11.3. The molecular formula is C24H17ClF2N2O2S. The van der Waals surface area contributed by atoms with Crippen molar-refractivity contribution in [3.63, 3.8) is 0 Å². The number of halogens is 3. The Labute approximate surface area is 192 Å². The molecule has 162 valence electrons. The van der Waals surface area contributed by atoms with Gasteiger partial charge in [0, 0.05) is 34.0 Å². The van der Waals surface area contributed by atoms with E-state index < -0.39 is 16.5 Å². The lowest BCUT2D eigenvalue weighted by Gasteiger charge is -2.33. The fourth-order valence-corrected chi connectivity index (χ4v) is 5.91. The van der Waals surface area contributed by atoms with Gasteiger partial charge in [-0.25, -0.2) is 8.78 Å². The van der Waals surface area contributed by atoms with Crippen LogP contribution in [0.2, 0.25) is 5.02 Å². The van der Waals surface area contributed by atoms with Crippen molar-refractivity contribution in [3.05, 3.63) is 100 Å². The molecule has 5 rings (SSSR count). The standard InChI is InChI=1S/C24H17ClF2N2O2S/c25-17-7-10-21-19(13-17)24(23(31)28(21)14-16-3-1-2-4-20(16)27)29(11-12-32-24)22(30)15-5-8-18(26)9-6-15/h1-10,13H,11-12,14H2/t24-/m1/s1. The Bertz CT molecular complexity index is 1240. The van der Waals surface area contributed by atoms with E-state index in [0.29, 0.717) is 34.1 Å². The van der Waals surface area contributed by atoms with Gasteiger partial charge in [0.05, 0.1) is 12.2 Å². The number of carbonyl (C=O) groups excluding carboxylic acids is 2. The second kappa shape index (κ2) is 7.90. The molecule has 2 amide bonds. The van der Waals surface area contributed by atoms with Crippen molar-refractivity contribution in [2.24, 2.45) is 0 Å². The fourth-order valence-electron chi connectivity index (χ4n) is 4.29. The van der Waals surface area contributed by atoms with E-state index in [0.717, 1.165) is 0 Å². The number of rotatable bonds is 3. The molecule has 0 saturated carbocycles. The Morgan fingerprint density at radius 2 is 1.81 bits per heavy atom. The first-order chi connectivity index (χ1) is 15.4. The molecule has 3 aromatic carbocycles. The summed E-state index contributed by atoms with van der Waals surface area (Å²) in [6, 6.07) is 16.6. The van der Waals surface area contributed by atoms with Crippen molar-refractivity contribution in [1.29, 1.82) is 0 Å². The first kappa shape index (κ1) is 21.0. The zero-order valence-corrected chi connectivity index (χ0v) is 18.3. The highest BCUT2D eigenvalue weighted by atomic mass is 35.5. The minimum atomic E-state index is -1.31. The summed E-state index contributed by atoms with van der Waals surface area (Å²) in [5.41, 5.74) is 1.86. The minimum Gasteiger partial charge on any atom is -0.311 e. The molecular weight excluding hydrogens is 454 g/mol. The summed E-state index contributed by atoms with van der Waals surface area (Å²) >= 11 is 7.64. The van der Waals surface area contributed by atoms with E-state index in [1.165, 1.54) is 51.9 Å². The lowest BCUT2D eigenvalue weighted by molar-refractivity contribution is -0.123. The molecule has 3 aromatic rings. The molecule has 4 nitrogen and oxygen atoms in total. The Balaban J connectivity index is 1.60. The van der Waals surface area contributed by atoms with Crippen LogP contribution in [0.15, 0.2) is 66.7 Å². The third-order valence-corrected chi connectivity index (χ3v) is 7.43. The highest BCUT2D eigenvalue weighted by Crippen LogP contribution is 2.55. The van der Waals surface area contributed by atoms with Crippen LogP contribution in [0.1, 0.15) is 21.5 Å². The summed E-state index contributed by atoms with van der Waals surface area (Å²) in [5.74, 6) is -1.01. The van der Waals surface area contributed by atoms with Gasteiger partial charge >= 0.3 is 0 Å². The SMILES string of the molecule is O=C(c1ccc(F)cc1)N1CCS[C@]12C(=O)N(Cc1ccccc1F)c1ccc(Cl)cc12. The van der Waals surface area contributed by atoms with Gasteiger partial charge in [-0.05, 0) is 48.5 Å². The highest BCUT2D eigenvalue weighted by Gasteiger charge is 2.59. The molecule has 1 saturated heterocycles. The normalized spacial score (nSPS) is 19.7. The van der Waals surface area contributed by atoms with Crippen molar-refractivity contribution in [1.82, 2.24) is 4.90 Å². The maximum atomic E-state index is 14.4. The number of hydrogen-bond acceptors (Lipinski definition) is 3. The largest absolute Gasteiger partial charge is 0.311 e. The van der Waals surface area contributed by atoms with Crippen LogP contribution < -0.4 is 4.90 Å². The molecule has 0 radical (unpaired) electrons. The quantitative estimate of drug-likeness (QED) is 0.528. The maximum Gasteiger partial charge on any atom is 0.268 e. The topological polar surface area (TPSA) is 40.6 Å². The molecule has 0 N–H and O–H groups in total. The second-order valence-electron chi connectivity index (χ2n) is 7.60. The van der Waals surface area contributed by atoms with E-state index in [9.17, 15) is 18.4 Å². The number of carbonyl (C=O) groups is 2. The van der Waals surface area contributed by atoms with Gasteiger partial charge in [0.15, 0.2) is 4.87 Å². The number of nitrogens with zero attached hydrogens (tertiary/aromatic N) is 2. The summed E-state index contributed by atoms with van der Waals surface area (Å²) in [7, 11) is 0. The van der Waals surface area contributed by atoms with Crippen LogP contribution >= 0.6 is 23.4 Å². The highest BCUT2D eigenvalue weighted by molar-refractivity contribution is 8.01. The summed E-state index contributed by atoms with van der Waals surface area (Å²) in [5, 5.41) is 0.436. The van der Waals surface area contributed by atoms with Gasteiger partial charge in [-0.2, -0.15) is 0 Å². The Morgan fingerprint density at radius 3 is 2.56 bits per heavy atom. The summed E-state index contributed by atoms with van der Waals surface area (Å²) in [6.45, 7) is 0.368. The molecule has 2 aliphatic heterocycles. The molecule has 8 heteroatoms. The van der Waals surface area contributed by atoms with Crippen LogP contribution in [-0.4, -0.2) is 29.0 Å². The van der Waals surface area contributed by atoms with Crippen LogP contribution in [0.4, 0.5) is 14.5 Å². The summed E-state index contributed by atoms with van der Waals surface area (Å²) in [6.07, 6.45) is 0. The predicted molar refractivity (Wildman–Crippen MR) is 121 cm³/mol. The van der Waals surface area contributed by atoms with Crippen LogP contribution in [0, 0.1) is 11.6 Å². The van der Waals surface area contributed by atoms with E-state index in [-0.39, 0.29) is 23.9 Å². The van der Waals surface area contributed by atoms with E-state index in [2.05, 4.69) is 0 Å². The Hall–Kier alpha value is -2.90. The Morgan fingerprint density at radius 1 is 1.06 bits per heavy atom. The number of anilines is 1. The van der Waals surface area contributed by atoms with Gasteiger partial charge in [0.2, 0.25) is 0 Å². The van der Waals surface area contributed by atoms with E-state index in [1.54, 1.807) is 36.4 Å². The zero-order chi connectivity index (χ0) is 22.5. The molecule has 2 heterocycles. The average Bonchev–Trinajstić information content (AvgIpc) is 3.32. The number of thioether (sulfide) groups is 1. The zero-order valence-electron chi connectivity index (χ0n) is 16.7. The van der Waals surface area contributed by atoms with E-state index in [4.69, 9.17) is 11.6 Å². The van der Waals surface area contributed by atoms with Gasteiger partial charge in [-0.3, -0.25) is 9.59 Å². The number of benzene rings is 3. The maximum absolute atomic E-state index is 14.4. The molecule has 1 fully saturated rings. The lowest BCUT2D eigenvalue weighted by atomic mass is 10.0. The third-order valence-electron chi connectivity index (χ3n) is 5.78. The van der Waals surface area contributed by atoms with Crippen molar-refractivity contribution in [3.8, 4) is 0 Å². The van der Waals surface area contributed by atoms with Gasteiger partial charge < -0.3 is 9.80 Å². The second-order valence-corrected chi connectivity index (χ2v) is 9.32. The number of fused-ring (bicyclic) bond motifs is 2. The third kappa shape index (κ3) is 3.19. The fraction of sp³-hybridized carbons (Fsp3) is 0.167. The molecule has 0 aliphatic carbocycles. The van der Waals surface area contributed by atoms with Crippen molar-refractivity contribution in [2.75, 3.05) is 17.2 Å². The molecule has 0 unspecified atom stereocenters. The van der Waals surface area contributed by atoms with Gasteiger partial charge in [0.25, 0.3) is 11.8 Å².